The van der Waals surface area contributed by atoms with Crippen molar-refractivity contribution in [3.8, 4) is 6.07 Å². The number of benzene rings is 2. The Morgan fingerprint density at radius 1 is 1.07 bits per heavy atom. The van der Waals surface area contributed by atoms with Gasteiger partial charge in [0.2, 0.25) is 10.0 Å². The highest BCUT2D eigenvalue weighted by molar-refractivity contribution is 7.89. The average molecular weight is 405 g/mol. The van der Waals surface area contributed by atoms with Crippen molar-refractivity contribution in [1.29, 1.82) is 5.26 Å². The summed E-state index contributed by atoms with van der Waals surface area (Å²) < 4.78 is 32.7. The molecule has 5 nitrogen and oxygen atoms in total. The van der Waals surface area contributed by atoms with Gasteiger partial charge in [-0.1, -0.05) is 23.7 Å². The first-order chi connectivity index (χ1) is 13.0. The lowest BCUT2D eigenvalue weighted by molar-refractivity contribution is 0.0688. The molecule has 1 aliphatic heterocycles. The minimum absolute atomic E-state index is 0.280. The van der Waals surface area contributed by atoms with Crippen molar-refractivity contribution in [2.24, 2.45) is 5.92 Å². The van der Waals surface area contributed by atoms with Crippen molar-refractivity contribution < 1.29 is 13.2 Å². The quantitative estimate of drug-likeness (QED) is 0.733. The van der Waals surface area contributed by atoms with Crippen molar-refractivity contribution in [1.82, 2.24) is 4.31 Å². The normalized spacial score (nSPS) is 16.1. The molecule has 0 aliphatic carbocycles. The molecule has 0 atom stereocenters. The number of nitrogens with zero attached hydrogens (tertiary/aromatic N) is 2. The highest BCUT2D eigenvalue weighted by Gasteiger charge is 2.29. The maximum absolute atomic E-state index is 12.7. The number of hydrogen-bond donors (Lipinski definition) is 0. The molecule has 1 saturated heterocycles. The molecule has 27 heavy (non-hydrogen) atoms. The first-order valence-electron chi connectivity index (χ1n) is 8.81. The van der Waals surface area contributed by atoms with E-state index >= 15 is 0 Å². The van der Waals surface area contributed by atoms with Crippen LogP contribution in [0.5, 0.6) is 0 Å². The Labute approximate surface area is 165 Å². The summed E-state index contributed by atoms with van der Waals surface area (Å²) in [4.78, 5) is 0.280. The molecule has 0 unspecified atom stereocenters. The number of sulfonamides is 1. The fourth-order valence-corrected chi connectivity index (χ4v) is 4.69. The van der Waals surface area contributed by atoms with E-state index in [1.54, 1.807) is 36.4 Å². The number of ether oxygens (including phenoxy) is 1. The maximum Gasteiger partial charge on any atom is 0.243 e. The lowest BCUT2D eigenvalue weighted by Gasteiger charge is -2.31. The van der Waals surface area contributed by atoms with E-state index in [0.29, 0.717) is 42.8 Å². The van der Waals surface area contributed by atoms with E-state index in [1.165, 1.54) is 4.31 Å². The van der Waals surface area contributed by atoms with Crippen molar-refractivity contribution in [3.05, 3.63) is 64.7 Å². The SMILES string of the molecule is N#Cc1ccc(COCC2CCN(S(=O)(=O)c3ccc(Cl)cc3)CC2)cc1. The van der Waals surface area contributed by atoms with Gasteiger partial charge in [0.25, 0.3) is 0 Å². The fraction of sp³-hybridized carbons (Fsp3) is 0.350. The van der Waals surface area contributed by atoms with E-state index in [2.05, 4.69) is 6.07 Å². The fourth-order valence-electron chi connectivity index (χ4n) is 3.09. The van der Waals surface area contributed by atoms with E-state index in [9.17, 15) is 8.42 Å². The highest BCUT2D eigenvalue weighted by Crippen LogP contribution is 2.25. The van der Waals surface area contributed by atoms with Gasteiger partial charge in [-0.25, -0.2) is 8.42 Å². The molecule has 0 aromatic heterocycles. The van der Waals surface area contributed by atoms with Crippen molar-refractivity contribution in [2.75, 3.05) is 19.7 Å². The topological polar surface area (TPSA) is 70.4 Å². The lowest BCUT2D eigenvalue weighted by Crippen LogP contribution is -2.39. The van der Waals surface area contributed by atoms with Crippen molar-refractivity contribution in [3.63, 3.8) is 0 Å². The monoisotopic (exact) mass is 404 g/mol. The Bertz CT molecular complexity index is 898. The Morgan fingerprint density at radius 2 is 1.70 bits per heavy atom. The summed E-state index contributed by atoms with van der Waals surface area (Å²) in [6.07, 6.45) is 1.56. The van der Waals surface area contributed by atoms with Crippen LogP contribution in [0.1, 0.15) is 24.0 Å². The molecular weight excluding hydrogens is 384 g/mol. The van der Waals surface area contributed by atoms with Gasteiger partial charge in [-0.15, -0.1) is 0 Å². The molecule has 1 heterocycles. The van der Waals surface area contributed by atoms with Crippen LogP contribution in [0.2, 0.25) is 5.02 Å². The second-order valence-electron chi connectivity index (χ2n) is 6.63. The minimum atomic E-state index is -3.46. The zero-order chi connectivity index (χ0) is 19.3. The van der Waals surface area contributed by atoms with Gasteiger partial charge in [0, 0.05) is 24.7 Å². The molecule has 7 heteroatoms. The zero-order valence-electron chi connectivity index (χ0n) is 14.8. The standard InChI is InChI=1S/C20H21ClN2O3S/c21-19-5-7-20(8-6-19)27(24,25)23-11-9-18(10-12-23)15-26-14-17-3-1-16(13-22)2-4-17/h1-8,18H,9-12,14-15H2. The van der Waals surface area contributed by atoms with Crippen molar-refractivity contribution in [2.45, 2.75) is 24.3 Å². The van der Waals surface area contributed by atoms with Crippen LogP contribution in [0, 0.1) is 17.2 Å². The first-order valence-corrected chi connectivity index (χ1v) is 10.6. The molecule has 0 N–H and O–H groups in total. The van der Waals surface area contributed by atoms with Crippen LogP contribution >= 0.6 is 11.6 Å². The van der Waals surface area contributed by atoms with Crippen LogP contribution in [0.25, 0.3) is 0 Å². The molecular formula is C20H21ClN2O3S. The molecule has 1 aliphatic rings. The van der Waals surface area contributed by atoms with Gasteiger partial charge >= 0.3 is 0 Å². The van der Waals surface area contributed by atoms with Gasteiger partial charge in [-0.05, 0) is 60.7 Å². The van der Waals surface area contributed by atoms with E-state index in [4.69, 9.17) is 21.6 Å². The van der Waals surface area contributed by atoms with Gasteiger partial charge in [0.15, 0.2) is 0 Å². The summed E-state index contributed by atoms with van der Waals surface area (Å²) in [6.45, 7) is 2.09. The molecule has 3 rings (SSSR count). The smallest absolute Gasteiger partial charge is 0.243 e. The third-order valence-electron chi connectivity index (χ3n) is 4.73. The van der Waals surface area contributed by atoms with E-state index in [-0.39, 0.29) is 4.90 Å². The van der Waals surface area contributed by atoms with Crippen LogP contribution < -0.4 is 0 Å². The molecule has 0 amide bonds. The third-order valence-corrected chi connectivity index (χ3v) is 6.90. The van der Waals surface area contributed by atoms with Gasteiger partial charge in [0.05, 0.1) is 23.1 Å². The number of hydrogen-bond acceptors (Lipinski definition) is 4. The maximum atomic E-state index is 12.7. The molecule has 2 aromatic rings. The van der Waals surface area contributed by atoms with Gasteiger partial charge in [0.1, 0.15) is 0 Å². The molecule has 0 radical (unpaired) electrons. The summed E-state index contributed by atoms with van der Waals surface area (Å²) in [5.74, 6) is 0.347. The predicted molar refractivity (Wildman–Crippen MR) is 104 cm³/mol. The Morgan fingerprint density at radius 3 is 2.30 bits per heavy atom. The number of halogens is 1. The van der Waals surface area contributed by atoms with E-state index in [0.717, 1.165) is 18.4 Å². The number of piperidine rings is 1. The summed E-state index contributed by atoms with van der Waals surface area (Å²) in [7, 11) is -3.46. The second-order valence-corrected chi connectivity index (χ2v) is 9.00. The molecule has 0 saturated carbocycles. The average Bonchev–Trinajstić information content (AvgIpc) is 2.69. The molecule has 0 bridgehead atoms. The van der Waals surface area contributed by atoms with Crippen LogP contribution in [0.4, 0.5) is 0 Å². The summed E-state index contributed by atoms with van der Waals surface area (Å²) in [5.41, 5.74) is 1.66. The Hall–Kier alpha value is -1.91. The largest absolute Gasteiger partial charge is 0.376 e. The molecule has 2 aromatic carbocycles. The first kappa shape index (κ1) is 19.8. The molecule has 1 fully saturated rings. The van der Waals surface area contributed by atoms with Crippen LogP contribution in [-0.4, -0.2) is 32.4 Å². The summed E-state index contributed by atoms with van der Waals surface area (Å²) in [6, 6.07) is 15.7. The molecule has 142 valence electrons. The number of rotatable bonds is 6. The molecule has 0 spiro atoms. The third kappa shape index (κ3) is 5.08. The van der Waals surface area contributed by atoms with Crippen LogP contribution in [0.15, 0.2) is 53.4 Å². The van der Waals surface area contributed by atoms with Crippen LogP contribution in [-0.2, 0) is 21.4 Å². The lowest BCUT2D eigenvalue weighted by atomic mass is 9.99. The highest BCUT2D eigenvalue weighted by atomic mass is 35.5. The van der Waals surface area contributed by atoms with Gasteiger partial charge in [-0.2, -0.15) is 9.57 Å². The number of nitriles is 1. The van der Waals surface area contributed by atoms with Crippen molar-refractivity contribution >= 4 is 21.6 Å². The van der Waals surface area contributed by atoms with Gasteiger partial charge in [-0.3, -0.25) is 0 Å². The Balaban J connectivity index is 1.47. The summed E-state index contributed by atoms with van der Waals surface area (Å²) in [5, 5.41) is 9.32. The van der Waals surface area contributed by atoms with E-state index in [1.807, 2.05) is 12.1 Å². The zero-order valence-corrected chi connectivity index (χ0v) is 16.4. The summed E-state index contributed by atoms with van der Waals surface area (Å²) >= 11 is 5.84. The minimum Gasteiger partial charge on any atom is -0.376 e. The second kappa shape index (κ2) is 8.85. The Kier molecular flexibility index (Phi) is 6.51. The van der Waals surface area contributed by atoms with Crippen LogP contribution in [0.3, 0.4) is 0 Å². The predicted octanol–water partition coefficient (Wildman–Crippen LogP) is 3.83. The van der Waals surface area contributed by atoms with E-state index < -0.39 is 10.0 Å². The van der Waals surface area contributed by atoms with Gasteiger partial charge < -0.3 is 4.74 Å².